The van der Waals surface area contributed by atoms with E-state index in [0.29, 0.717) is 10.9 Å². The number of anilines is 1. The minimum Gasteiger partial charge on any atom is -0.362 e. The van der Waals surface area contributed by atoms with Crippen molar-refractivity contribution in [3.8, 4) is 0 Å². The Morgan fingerprint density at radius 1 is 1.29 bits per heavy atom. The van der Waals surface area contributed by atoms with Crippen molar-refractivity contribution in [1.82, 2.24) is 10.3 Å². The zero-order valence-corrected chi connectivity index (χ0v) is 13.9. The van der Waals surface area contributed by atoms with Crippen LogP contribution in [0.15, 0.2) is 53.6 Å². The molecule has 0 aliphatic heterocycles. The van der Waals surface area contributed by atoms with Gasteiger partial charge in [-0.15, -0.1) is 0 Å². The van der Waals surface area contributed by atoms with Gasteiger partial charge in [0.05, 0.1) is 4.47 Å². The molecule has 2 N–H and O–H groups in total. The Kier molecular flexibility index (Phi) is 5.90. The number of hydrogen-bond donors (Lipinski definition) is 2. The Hall–Kier alpha value is -1.72. The standard InChI is InChI=1S/C16H16BrN3S/c1-2-12-6-3-4-7-13(12)9-11-19-16(21)20-15-14(17)8-5-10-18-15/h2-8,10H,1,9,11H2,(H2,18,19,20,21). The Balaban J connectivity index is 1.85. The van der Waals surface area contributed by atoms with Crippen LogP contribution in [-0.2, 0) is 6.42 Å². The monoisotopic (exact) mass is 361 g/mol. The molecule has 0 unspecified atom stereocenters. The average molecular weight is 362 g/mol. The van der Waals surface area contributed by atoms with Gasteiger partial charge in [0.15, 0.2) is 5.11 Å². The van der Waals surface area contributed by atoms with E-state index in [2.05, 4.69) is 50.3 Å². The molecule has 0 amide bonds. The Morgan fingerprint density at radius 3 is 2.86 bits per heavy atom. The maximum atomic E-state index is 5.27. The van der Waals surface area contributed by atoms with Crippen molar-refractivity contribution in [3.05, 3.63) is 64.8 Å². The summed E-state index contributed by atoms with van der Waals surface area (Å²) in [6.45, 7) is 4.58. The highest BCUT2D eigenvalue weighted by Crippen LogP contribution is 2.17. The zero-order chi connectivity index (χ0) is 15.1. The largest absolute Gasteiger partial charge is 0.362 e. The molecule has 0 aliphatic rings. The normalized spacial score (nSPS) is 9.95. The van der Waals surface area contributed by atoms with Gasteiger partial charge in [-0.05, 0) is 57.8 Å². The molecule has 0 fully saturated rings. The minimum absolute atomic E-state index is 0.561. The lowest BCUT2D eigenvalue weighted by atomic mass is 10.0. The van der Waals surface area contributed by atoms with E-state index in [1.165, 1.54) is 5.56 Å². The highest BCUT2D eigenvalue weighted by molar-refractivity contribution is 9.10. The molecule has 0 bridgehead atoms. The Morgan fingerprint density at radius 2 is 2.10 bits per heavy atom. The third kappa shape index (κ3) is 4.65. The predicted molar refractivity (Wildman–Crippen MR) is 96.4 cm³/mol. The van der Waals surface area contributed by atoms with Crippen LogP contribution in [0.25, 0.3) is 6.08 Å². The van der Waals surface area contributed by atoms with Crippen molar-refractivity contribution < 1.29 is 0 Å². The maximum Gasteiger partial charge on any atom is 0.171 e. The van der Waals surface area contributed by atoms with Gasteiger partial charge in [-0.2, -0.15) is 0 Å². The molecule has 2 aromatic rings. The van der Waals surface area contributed by atoms with Crippen LogP contribution in [0, 0.1) is 0 Å². The van der Waals surface area contributed by atoms with E-state index in [9.17, 15) is 0 Å². The van der Waals surface area contributed by atoms with Crippen LogP contribution in [0.1, 0.15) is 11.1 Å². The first-order chi connectivity index (χ1) is 10.2. The maximum absolute atomic E-state index is 5.27. The summed E-state index contributed by atoms with van der Waals surface area (Å²) < 4.78 is 0.881. The molecule has 108 valence electrons. The second kappa shape index (κ2) is 7.90. The van der Waals surface area contributed by atoms with Gasteiger partial charge in [0.25, 0.3) is 0 Å². The fourth-order valence-corrected chi connectivity index (χ4v) is 2.45. The summed E-state index contributed by atoms with van der Waals surface area (Å²) >= 11 is 8.69. The van der Waals surface area contributed by atoms with E-state index in [4.69, 9.17) is 12.2 Å². The summed E-state index contributed by atoms with van der Waals surface area (Å²) in [5, 5.41) is 6.81. The van der Waals surface area contributed by atoms with Crippen molar-refractivity contribution in [2.24, 2.45) is 0 Å². The third-order valence-electron chi connectivity index (χ3n) is 2.95. The number of aromatic nitrogens is 1. The van der Waals surface area contributed by atoms with Gasteiger partial charge < -0.3 is 10.6 Å². The molecule has 1 aromatic carbocycles. The lowest BCUT2D eigenvalue weighted by Crippen LogP contribution is -2.30. The van der Waals surface area contributed by atoms with Gasteiger partial charge in [-0.25, -0.2) is 4.98 Å². The van der Waals surface area contributed by atoms with Gasteiger partial charge >= 0.3 is 0 Å². The molecule has 21 heavy (non-hydrogen) atoms. The van der Waals surface area contributed by atoms with E-state index in [1.807, 2.05) is 30.3 Å². The molecule has 0 atom stereocenters. The lowest BCUT2D eigenvalue weighted by Gasteiger charge is -2.11. The van der Waals surface area contributed by atoms with Gasteiger partial charge in [-0.3, -0.25) is 0 Å². The van der Waals surface area contributed by atoms with Crippen molar-refractivity contribution in [2.45, 2.75) is 6.42 Å². The molecule has 0 saturated carbocycles. The van der Waals surface area contributed by atoms with Crippen molar-refractivity contribution in [3.63, 3.8) is 0 Å². The van der Waals surface area contributed by atoms with Crippen molar-refractivity contribution in [2.75, 3.05) is 11.9 Å². The molecule has 0 radical (unpaired) electrons. The second-order valence-electron chi connectivity index (χ2n) is 4.37. The number of pyridine rings is 1. The van der Waals surface area contributed by atoms with Gasteiger partial charge in [-0.1, -0.05) is 36.9 Å². The minimum atomic E-state index is 0.561. The first kappa shape index (κ1) is 15.7. The van der Waals surface area contributed by atoms with Crippen LogP contribution in [0.2, 0.25) is 0 Å². The fraction of sp³-hybridized carbons (Fsp3) is 0.125. The highest BCUT2D eigenvalue weighted by atomic mass is 79.9. The second-order valence-corrected chi connectivity index (χ2v) is 5.63. The van der Waals surface area contributed by atoms with Crippen LogP contribution < -0.4 is 10.6 Å². The first-order valence-corrected chi connectivity index (χ1v) is 7.76. The SMILES string of the molecule is C=Cc1ccccc1CCNC(=S)Nc1ncccc1Br. The van der Waals surface area contributed by atoms with Gasteiger partial charge in [0, 0.05) is 12.7 Å². The summed E-state index contributed by atoms with van der Waals surface area (Å²) in [6, 6.07) is 12.0. The van der Waals surface area contributed by atoms with E-state index < -0.39 is 0 Å². The molecular formula is C16H16BrN3S. The number of rotatable bonds is 5. The molecule has 0 saturated heterocycles. The lowest BCUT2D eigenvalue weighted by molar-refractivity contribution is 0.871. The molecule has 0 spiro atoms. The molecule has 5 heteroatoms. The summed E-state index contributed by atoms with van der Waals surface area (Å²) in [6.07, 6.45) is 4.47. The van der Waals surface area contributed by atoms with E-state index in [-0.39, 0.29) is 0 Å². The summed E-state index contributed by atoms with van der Waals surface area (Å²) in [4.78, 5) is 4.21. The molecule has 1 heterocycles. The third-order valence-corrected chi connectivity index (χ3v) is 3.83. The predicted octanol–water partition coefficient (Wildman–Crippen LogP) is 4.02. The van der Waals surface area contributed by atoms with E-state index >= 15 is 0 Å². The van der Waals surface area contributed by atoms with Crippen LogP contribution >= 0.6 is 28.1 Å². The topological polar surface area (TPSA) is 37.0 Å². The number of halogens is 1. The van der Waals surface area contributed by atoms with Gasteiger partial charge in [0.2, 0.25) is 0 Å². The molecule has 1 aromatic heterocycles. The molecule has 3 nitrogen and oxygen atoms in total. The molecule has 0 aliphatic carbocycles. The number of hydrogen-bond acceptors (Lipinski definition) is 2. The number of thiocarbonyl (C=S) groups is 1. The Labute approximate surface area is 138 Å². The van der Waals surface area contributed by atoms with Crippen LogP contribution in [0.5, 0.6) is 0 Å². The van der Waals surface area contributed by atoms with E-state index in [1.54, 1.807) is 6.20 Å². The van der Waals surface area contributed by atoms with Crippen LogP contribution in [0.3, 0.4) is 0 Å². The van der Waals surface area contributed by atoms with E-state index in [0.717, 1.165) is 23.0 Å². The van der Waals surface area contributed by atoms with Crippen molar-refractivity contribution >= 4 is 45.2 Å². The number of benzene rings is 1. The zero-order valence-electron chi connectivity index (χ0n) is 11.5. The average Bonchev–Trinajstić information content (AvgIpc) is 2.50. The Bertz CT molecular complexity index is 643. The summed E-state index contributed by atoms with van der Waals surface area (Å²) in [7, 11) is 0. The number of nitrogens with one attached hydrogen (secondary N) is 2. The number of nitrogens with zero attached hydrogens (tertiary/aromatic N) is 1. The highest BCUT2D eigenvalue weighted by Gasteiger charge is 2.03. The fourth-order valence-electron chi connectivity index (χ4n) is 1.90. The van der Waals surface area contributed by atoms with Crippen LogP contribution in [-0.4, -0.2) is 16.6 Å². The molecular weight excluding hydrogens is 346 g/mol. The first-order valence-electron chi connectivity index (χ1n) is 6.56. The quantitative estimate of drug-likeness (QED) is 0.788. The smallest absolute Gasteiger partial charge is 0.171 e. The van der Waals surface area contributed by atoms with Gasteiger partial charge in [0.1, 0.15) is 5.82 Å². The van der Waals surface area contributed by atoms with Crippen LogP contribution in [0.4, 0.5) is 5.82 Å². The van der Waals surface area contributed by atoms with Crippen molar-refractivity contribution in [1.29, 1.82) is 0 Å². The summed E-state index contributed by atoms with van der Waals surface area (Å²) in [5.74, 6) is 0.710. The molecule has 2 rings (SSSR count). The summed E-state index contributed by atoms with van der Waals surface area (Å²) in [5.41, 5.74) is 2.41.